The standard InChI is InChI=1S/C28H30FN5O2S2/c1-3-4-7-12-34-27(36)23(38-28(34)37)18-20-25(30-24-19(2)9-8-13-33(24)26(20)35)32-16-14-31(15-17-32)22-11-6-5-10-21(22)29/h5-6,8-11,13,18H,3-4,7,12,14-17H2,1-2H3. The molecule has 4 heterocycles. The third-order valence-electron chi connectivity index (χ3n) is 6.97. The Morgan fingerprint density at radius 2 is 1.79 bits per heavy atom. The summed E-state index contributed by atoms with van der Waals surface area (Å²) in [7, 11) is 0. The van der Waals surface area contributed by atoms with E-state index in [0.717, 1.165) is 24.8 Å². The van der Waals surface area contributed by atoms with Gasteiger partial charge in [-0.05, 0) is 43.2 Å². The average Bonchev–Trinajstić information content (AvgIpc) is 3.18. The van der Waals surface area contributed by atoms with Gasteiger partial charge in [0.15, 0.2) is 0 Å². The first-order valence-electron chi connectivity index (χ1n) is 12.9. The minimum Gasteiger partial charge on any atom is -0.366 e. The summed E-state index contributed by atoms with van der Waals surface area (Å²) >= 11 is 6.73. The van der Waals surface area contributed by atoms with Crippen molar-refractivity contribution in [2.45, 2.75) is 33.1 Å². The summed E-state index contributed by atoms with van der Waals surface area (Å²) in [5, 5.41) is 0. The number of hydrogen-bond acceptors (Lipinski definition) is 7. The number of carbonyl (C=O) groups excluding carboxylic acids is 1. The molecule has 0 atom stereocenters. The van der Waals surface area contributed by atoms with Crippen LogP contribution in [0.25, 0.3) is 11.7 Å². The van der Waals surface area contributed by atoms with Gasteiger partial charge in [0.05, 0.1) is 16.2 Å². The lowest BCUT2D eigenvalue weighted by Crippen LogP contribution is -2.47. The number of rotatable bonds is 7. The number of aryl methyl sites for hydroxylation is 1. The molecular weight excluding hydrogens is 521 g/mol. The maximum atomic E-state index is 14.4. The van der Waals surface area contributed by atoms with Gasteiger partial charge in [-0.2, -0.15) is 0 Å². The van der Waals surface area contributed by atoms with Crippen LogP contribution in [0.2, 0.25) is 0 Å². The van der Waals surface area contributed by atoms with Crippen LogP contribution in [0.5, 0.6) is 0 Å². The molecule has 2 aromatic heterocycles. The topological polar surface area (TPSA) is 61.2 Å². The van der Waals surface area contributed by atoms with Gasteiger partial charge in [0, 0.05) is 38.9 Å². The zero-order chi connectivity index (χ0) is 26.8. The highest BCUT2D eigenvalue weighted by Crippen LogP contribution is 2.34. The Morgan fingerprint density at radius 3 is 2.53 bits per heavy atom. The van der Waals surface area contributed by atoms with Crippen LogP contribution in [-0.4, -0.2) is 57.2 Å². The largest absolute Gasteiger partial charge is 0.366 e. The fourth-order valence-electron chi connectivity index (χ4n) is 4.88. The summed E-state index contributed by atoms with van der Waals surface area (Å²) in [6, 6.07) is 10.5. The monoisotopic (exact) mass is 551 g/mol. The number of para-hydroxylation sites is 1. The lowest BCUT2D eigenvalue weighted by atomic mass is 10.2. The van der Waals surface area contributed by atoms with Crippen molar-refractivity contribution in [2.75, 3.05) is 42.5 Å². The third kappa shape index (κ3) is 5.07. The van der Waals surface area contributed by atoms with Crippen molar-refractivity contribution in [3.63, 3.8) is 0 Å². The Labute approximate surface area is 230 Å². The van der Waals surface area contributed by atoms with Gasteiger partial charge < -0.3 is 9.80 Å². The predicted molar refractivity (Wildman–Crippen MR) is 156 cm³/mol. The molecule has 0 unspecified atom stereocenters. The Bertz CT molecular complexity index is 1480. The second kappa shape index (κ2) is 11.2. The van der Waals surface area contributed by atoms with E-state index in [1.54, 1.807) is 29.3 Å². The Morgan fingerprint density at radius 1 is 1.05 bits per heavy atom. The molecule has 2 saturated heterocycles. The number of benzene rings is 1. The van der Waals surface area contributed by atoms with Crippen molar-refractivity contribution in [1.29, 1.82) is 0 Å². The lowest BCUT2D eigenvalue weighted by Gasteiger charge is -2.37. The first-order valence-corrected chi connectivity index (χ1v) is 14.1. The third-order valence-corrected chi connectivity index (χ3v) is 8.35. The van der Waals surface area contributed by atoms with Crippen molar-refractivity contribution in [3.8, 4) is 0 Å². The van der Waals surface area contributed by atoms with Crippen molar-refractivity contribution in [2.24, 2.45) is 0 Å². The number of carbonyl (C=O) groups is 1. The van der Waals surface area contributed by atoms with E-state index in [0.29, 0.717) is 64.7 Å². The maximum absolute atomic E-state index is 14.4. The molecule has 0 aliphatic carbocycles. The van der Waals surface area contributed by atoms with Crippen LogP contribution >= 0.6 is 24.0 Å². The minimum atomic E-state index is -0.250. The summed E-state index contributed by atoms with van der Waals surface area (Å²) in [5.41, 5.74) is 2.16. The first-order chi connectivity index (χ1) is 18.4. The number of aromatic nitrogens is 2. The van der Waals surface area contributed by atoms with Crippen LogP contribution in [0.15, 0.2) is 52.3 Å². The number of halogens is 1. The molecule has 0 spiro atoms. The van der Waals surface area contributed by atoms with Gasteiger partial charge in [-0.15, -0.1) is 0 Å². The second-order valence-electron chi connectivity index (χ2n) is 9.51. The number of unbranched alkanes of at least 4 members (excludes halogenated alkanes) is 2. The number of thioether (sulfide) groups is 1. The smallest absolute Gasteiger partial charge is 0.267 e. The quantitative estimate of drug-likeness (QED) is 0.236. The first kappa shape index (κ1) is 26.4. The molecule has 2 aliphatic heterocycles. The van der Waals surface area contributed by atoms with Crippen LogP contribution in [0, 0.1) is 12.7 Å². The number of anilines is 2. The van der Waals surface area contributed by atoms with Gasteiger partial charge in [0.25, 0.3) is 11.5 Å². The van der Waals surface area contributed by atoms with Crippen molar-refractivity contribution in [1.82, 2.24) is 14.3 Å². The van der Waals surface area contributed by atoms with Crippen LogP contribution in [0.3, 0.4) is 0 Å². The maximum Gasteiger partial charge on any atom is 0.267 e. The average molecular weight is 552 g/mol. The molecular formula is C28H30FN5O2S2. The van der Waals surface area contributed by atoms with Gasteiger partial charge in [-0.1, -0.05) is 61.9 Å². The second-order valence-corrected chi connectivity index (χ2v) is 11.2. The SMILES string of the molecule is CCCCCN1C(=O)C(=Cc2c(N3CCN(c4ccccc4F)CC3)nc3c(C)cccn3c2=O)SC1=S. The molecule has 1 amide bonds. The lowest BCUT2D eigenvalue weighted by molar-refractivity contribution is -0.122. The van der Waals surface area contributed by atoms with Gasteiger partial charge in [-0.3, -0.25) is 18.9 Å². The molecule has 198 valence electrons. The van der Waals surface area contributed by atoms with E-state index in [4.69, 9.17) is 17.2 Å². The molecule has 0 saturated carbocycles. The number of pyridine rings is 1. The van der Waals surface area contributed by atoms with Crippen LogP contribution in [0.1, 0.15) is 37.3 Å². The summed E-state index contributed by atoms with van der Waals surface area (Å²) in [6.07, 6.45) is 6.31. The fourth-order valence-corrected chi connectivity index (χ4v) is 6.17. The summed E-state index contributed by atoms with van der Waals surface area (Å²) in [5.74, 6) is 0.120. The summed E-state index contributed by atoms with van der Waals surface area (Å²) < 4.78 is 16.4. The van der Waals surface area contributed by atoms with E-state index in [2.05, 4.69) is 11.8 Å². The van der Waals surface area contributed by atoms with E-state index in [1.165, 1.54) is 22.2 Å². The van der Waals surface area contributed by atoms with Gasteiger partial charge in [0.1, 0.15) is 21.6 Å². The van der Waals surface area contributed by atoms with Gasteiger partial charge >= 0.3 is 0 Å². The van der Waals surface area contributed by atoms with E-state index in [1.807, 2.05) is 30.0 Å². The minimum absolute atomic E-state index is 0.167. The van der Waals surface area contributed by atoms with Crippen LogP contribution in [-0.2, 0) is 4.79 Å². The highest BCUT2D eigenvalue weighted by Gasteiger charge is 2.33. The molecule has 5 rings (SSSR count). The predicted octanol–water partition coefficient (Wildman–Crippen LogP) is 4.86. The summed E-state index contributed by atoms with van der Waals surface area (Å²) in [4.78, 5) is 38.0. The molecule has 7 nitrogen and oxygen atoms in total. The Kier molecular flexibility index (Phi) is 7.80. The number of amides is 1. The molecule has 0 bridgehead atoms. The van der Waals surface area contributed by atoms with Gasteiger partial charge in [0.2, 0.25) is 0 Å². The molecule has 3 aromatic rings. The van der Waals surface area contributed by atoms with E-state index in [-0.39, 0.29) is 17.3 Å². The fraction of sp³-hybridized carbons (Fsp3) is 0.357. The summed E-state index contributed by atoms with van der Waals surface area (Å²) in [6.45, 7) is 6.88. The zero-order valence-corrected chi connectivity index (χ0v) is 23.2. The number of thiocarbonyl (C=S) groups is 1. The molecule has 0 N–H and O–H groups in total. The highest BCUT2D eigenvalue weighted by atomic mass is 32.2. The molecule has 1 aromatic carbocycles. The molecule has 2 aliphatic rings. The molecule has 0 radical (unpaired) electrons. The van der Waals surface area contributed by atoms with E-state index >= 15 is 0 Å². The van der Waals surface area contributed by atoms with Crippen molar-refractivity contribution in [3.05, 3.63) is 74.8 Å². The number of fused-ring (bicyclic) bond motifs is 1. The van der Waals surface area contributed by atoms with E-state index < -0.39 is 0 Å². The van der Waals surface area contributed by atoms with E-state index in [9.17, 15) is 14.0 Å². The molecule has 2 fully saturated rings. The van der Waals surface area contributed by atoms with Crippen molar-refractivity contribution < 1.29 is 9.18 Å². The van der Waals surface area contributed by atoms with Crippen LogP contribution in [0.4, 0.5) is 15.9 Å². The number of piperazine rings is 1. The molecule has 38 heavy (non-hydrogen) atoms. The van der Waals surface area contributed by atoms with Crippen LogP contribution < -0.4 is 15.4 Å². The Hall–Kier alpha value is -3.24. The number of nitrogens with zero attached hydrogens (tertiary/aromatic N) is 5. The normalized spacial score (nSPS) is 17.3. The Balaban J connectivity index is 1.51. The van der Waals surface area contributed by atoms with Crippen molar-refractivity contribution >= 4 is 57.4 Å². The molecule has 10 heteroatoms. The number of hydrogen-bond donors (Lipinski definition) is 0. The highest BCUT2D eigenvalue weighted by molar-refractivity contribution is 8.26. The zero-order valence-electron chi connectivity index (χ0n) is 21.5. The van der Waals surface area contributed by atoms with Gasteiger partial charge in [-0.25, -0.2) is 9.37 Å².